The lowest BCUT2D eigenvalue weighted by Crippen LogP contribution is -2.62. The quantitative estimate of drug-likeness (QED) is 0.904. The van der Waals surface area contributed by atoms with E-state index in [9.17, 15) is 9.59 Å². The molecule has 108 valence electrons. The Bertz CT molecular complexity index is 521. The molecule has 20 heavy (non-hydrogen) atoms. The van der Waals surface area contributed by atoms with Crippen LogP contribution in [0.25, 0.3) is 0 Å². The van der Waals surface area contributed by atoms with Gasteiger partial charge in [0.15, 0.2) is 0 Å². The van der Waals surface area contributed by atoms with E-state index < -0.39 is 12.1 Å². The van der Waals surface area contributed by atoms with Crippen molar-refractivity contribution in [3.05, 3.63) is 28.7 Å². The van der Waals surface area contributed by atoms with Crippen LogP contribution in [-0.2, 0) is 9.59 Å². The van der Waals surface area contributed by atoms with Crippen molar-refractivity contribution in [3.8, 4) is 5.75 Å². The molecule has 0 bridgehead atoms. The fraction of sp³-hybridized carbons (Fsp3) is 0.429. The number of amides is 2. The molecule has 0 aliphatic carbocycles. The van der Waals surface area contributed by atoms with Gasteiger partial charge in [0.25, 0.3) is 0 Å². The second-order valence-corrected chi connectivity index (χ2v) is 5.66. The molecular weight excluding hydrogens is 324 g/mol. The van der Waals surface area contributed by atoms with Crippen LogP contribution in [0.2, 0.25) is 0 Å². The van der Waals surface area contributed by atoms with Crippen molar-refractivity contribution < 1.29 is 14.3 Å². The van der Waals surface area contributed by atoms with Gasteiger partial charge in [-0.3, -0.25) is 9.59 Å². The largest absolute Gasteiger partial charge is 0.492 e. The van der Waals surface area contributed by atoms with Crippen molar-refractivity contribution in [1.82, 2.24) is 10.2 Å². The molecule has 0 aromatic heterocycles. The average molecular weight is 341 g/mol. The highest BCUT2D eigenvalue weighted by molar-refractivity contribution is 9.10. The number of carbonyl (C=O) groups is 2. The topological polar surface area (TPSA) is 58.6 Å². The van der Waals surface area contributed by atoms with Gasteiger partial charge < -0.3 is 15.0 Å². The lowest BCUT2D eigenvalue weighted by Gasteiger charge is -2.35. The molecule has 1 N–H and O–H groups in total. The van der Waals surface area contributed by atoms with Crippen LogP contribution in [0, 0.1) is 0 Å². The van der Waals surface area contributed by atoms with Crippen LogP contribution in [-0.4, -0.2) is 41.9 Å². The number of rotatable bonds is 4. The predicted octanol–water partition coefficient (Wildman–Crippen LogP) is 1.56. The fourth-order valence-corrected chi connectivity index (χ4v) is 2.48. The molecule has 6 heteroatoms. The Balaban J connectivity index is 1.92. The summed E-state index contributed by atoms with van der Waals surface area (Å²) >= 11 is 3.37. The van der Waals surface area contributed by atoms with E-state index in [2.05, 4.69) is 21.2 Å². The second-order valence-electron chi connectivity index (χ2n) is 4.74. The molecule has 1 heterocycles. The third-order valence-electron chi connectivity index (χ3n) is 3.26. The van der Waals surface area contributed by atoms with E-state index in [0.29, 0.717) is 13.2 Å². The minimum atomic E-state index is -0.468. The minimum Gasteiger partial charge on any atom is -0.492 e. The number of nitrogens with one attached hydrogen (secondary N) is 1. The first kappa shape index (κ1) is 14.8. The summed E-state index contributed by atoms with van der Waals surface area (Å²) in [5.74, 6) is 0.531. The highest BCUT2D eigenvalue weighted by Gasteiger charge is 2.35. The van der Waals surface area contributed by atoms with Gasteiger partial charge >= 0.3 is 0 Å². The smallest absolute Gasteiger partial charge is 0.245 e. The summed E-state index contributed by atoms with van der Waals surface area (Å²) in [7, 11) is 0. The van der Waals surface area contributed by atoms with Gasteiger partial charge in [0.05, 0.1) is 6.54 Å². The van der Waals surface area contributed by atoms with Crippen molar-refractivity contribution in [2.24, 2.45) is 0 Å². The van der Waals surface area contributed by atoms with Crippen molar-refractivity contribution in [1.29, 1.82) is 0 Å². The van der Waals surface area contributed by atoms with E-state index in [1.807, 2.05) is 24.3 Å². The van der Waals surface area contributed by atoms with Crippen molar-refractivity contribution in [3.63, 3.8) is 0 Å². The van der Waals surface area contributed by atoms with Gasteiger partial charge in [0.1, 0.15) is 24.4 Å². The number of carbonyl (C=O) groups excluding carboxylic acids is 2. The molecular formula is C14H17BrN2O3. The van der Waals surface area contributed by atoms with E-state index in [0.717, 1.165) is 10.2 Å². The van der Waals surface area contributed by atoms with Crippen LogP contribution in [0.4, 0.5) is 0 Å². The number of hydrogen-bond acceptors (Lipinski definition) is 3. The van der Waals surface area contributed by atoms with Gasteiger partial charge in [-0.1, -0.05) is 22.0 Å². The highest BCUT2D eigenvalue weighted by atomic mass is 79.9. The fourth-order valence-electron chi connectivity index (χ4n) is 2.10. The van der Waals surface area contributed by atoms with E-state index >= 15 is 0 Å². The molecule has 2 amide bonds. The second kappa shape index (κ2) is 6.26. The normalized spacial score (nSPS) is 22.6. The maximum absolute atomic E-state index is 12.0. The number of piperazine rings is 1. The third kappa shape index (κ3) is 3.30. The van der Waals surface area contributed by atoms with E-state index in [1.165, 1.54) is 0 Å². The molecule has 2 rings (SSSR count). The van der Waals surface area contributed by atoms with Gasteiger partial charge in [-0.05, 0) is 32.0 Å². The highest BCUT2D eigenvalue weighted by Crippen LogP contribution is 2.18. The van der Waals surface area contributed by atoms with Gasteiger partial charge in [-0.25, -0.2) is 0 Å². The average Bonchev–Trinajstić information content (AvgIpc) is 2.40. The first-order chi connectivity index (χ1) is 9.49. The number of ether oxygens (including phenoxy) is 1. The van der Waals surface area contributed by atoms with Gasteiger partial charge in [0, 0.05) is 4.47 Å². The Morgan fingerprint density at radius 3 is 2.80 bits per heavy atom. The zero-order valence-corrected chi connectivity index (χ0v) is 13.0. The third-order valence-corrected chi connectivity index (χ3v) is 3.75. The molecule has 0 saturated carbocycles. The Morgan fingerprint density at radius 1 is 1.35 bits per heavy atom. The van der Waals surface area contributed by atoms with Gasteiger partial charge in [-0.2, -0.15) is 0 Å². The standard InChI is InChI=1S/C14H17BrN2O3/c1-9-14(19)17(10(2)13(18)16-9)6-7-20-12-5-3-4-11(15)8-12/h3-5,8-10H,6-7H2,1-2H3,(H,16,18). The number of hydrogen-bond donors (Lipinski definition) is 1. The summed E-state index contributed by atoms with van der Waals surface area (Å²) in [6, 6.07) is 6.58. The van der Waals surface area contributed by atoms with Crippen LogP contribution in [0.1, 0.15) is 13.8 Å². The van der Waals surface area contributed by atoms with Crippen molar-refractivity contribution in [2.75, 3.05) is 13.2 Å². The minimum absolute atomic E-state index is 0.0741. The maximum Gasteiger partial charge on any atom is 0.245 e. The monoisotopic (exact) mass is 340 g/mol. The summed E-state index contributed by atoms with van der Waals surface area (Å²) in [6.45, 7) is 4.16. The number of nitrogens with zero attached hydrogens (tertiary/aromatic N) is 1. The molecule has 1 fully saturated rings. The van der Waals surface area contributed by atoms with Crippen LogP contribution in [0.3, 0.4) is 0 Å². The summed E-state index contributed by atoms with van der Waals surface area (Å²) in [5.41, 5.74) is 0. The SMILES string of the molecule is CC1NC(=O)C(C)N(CCOc2cccc(Br)c2)C1=O. The molecule has 0 radical (unpaired) electrons. The first-order valence-corrected chi connectivity index (χ1v) is 7.27. The van der Waals surface area contributed by atoms with E-state index in [-0.39, 0.29) is 11.8 Å². The maximum atomic E-state index is 12.0. The number of benzene rings is 1. The first-order valence-electron chi connectivity index (χ1n) is 6.48. The van der Waals surface area contributed by atoms with Gasteiger partial charge in [-0.15, -0.1) is 0 Å². The molecule has 1 aromatic carbocycles. The molecule has 1 aliphatic rings. The molecule has 1 saturated heterocycles. The molecule has 1 aliphatic heterocycles. The van der Waals surface area contributed by atoms with Gasteiger partial charge in [0.2, 0.25) is 11.8 Å². The molecule has 2 atom stereocenters. The van der Waals surface area contributed by atoms with Crippen LogP contribution < -0.4 is 10.1 Å². The Labute approximate surface area is 126 Å². The Hall–Kier alpha value is -1.56. The van der Waals surface area contributed by atoms with Crippen LogP contribution in [0.5, 0.6) is 5.75 Å². The predicted molar refractivity (Wildman–Crippen MR) is 78.4 cm³/mol. The molecule has 5 nitrogen and oxygen atoms in total. The van der Waals surface area contributed by atoms with Crippen LogP contribution >= 0.6 is 15.9 Å². The summed E-state index contributed by atoms with van der Waals surface area (Å²) in [4.78, 5) is 25.3. The zero-order valence-electron chi connectivity index (χ0n) is 11.4. The van der Waals surface area contributed by atoms with Crippen LogP contribution in [0.15, 0.2) is 28.7 Å². The Morgan fingerprint density at radius 2 is 2.10 bits per heavy atom. The molecule has 1 aromatic rings. The summed E-state index contributed by atoms with van der Waals surface area (Å²) in [6.07, 6.45) is 0. The zero-order chi connectivity index (χ0) is 14.7. The Kier molecular flexibility index (Phi) is 4.65. The summed E-state index contributed by atoms with van der Waals surface area (Å²) < 4.78 is 6.54. The lowest BCUT2D eigenvalue weighted by molar-refractivity contribution is -0.148. The molecule has 0 spiro atoms. The summed E-state index contributed by atoms with van der Waals surface area (Å²) in [5, 5.41) is 2.65. The van der Waals surface area contributed by atoms with E-state index in [4.69, 9.17) is 4.74 Å². The van der Waals surface area contributed by atoms with E-state index in [1.54, 1.807) is 18.7 Å². The molecule has 2 unspecified atom stereocenters. The van der Waals surface area contributed by atoms with Crippen molar-refractivity contribution >= 4 is 27.7 Å². The van der Waals surface area contributed by atoms with Crippen molar-refractivity contribution in [2.45, 2.75) is 25.9 Å². The lowest BCUT2D eigenvalue weighted by atomic mass is 10.1. The number of halogens is 1.